The maximum atomic E-state index is 5.50. The van der Waals surface area contributed by atoms with Crippen molar-refractivity contribution in [2.75, 3.05) is 35.9 Å². The van der Waals surface area contributed by atoms with Crippen LogP contribution in [0.15, 0.2) is 0 Å². The second-order valence-corrected chi connectivity index (χ2v) is 6.25. The first kappa shape index (κ1) is 14.3. The van der Waals surface area contributed by atoms with Crippen LogP contribution in [-0.4, -0.2) is 41.6 Å². The second kappa shape index (κ2) is 6.01. The Balaban J connectivity index is 1.88. The van der Waals surface area contributed by atoms with E-state index < -0.39 is 0 Å². The Bertz CT molecular complexity index is 484. The van der Waals surface area contributed by atoms with Crippen LogP contribution in [0.3, 0.4) is 0 Å². The van der Waals surface area contributed by atoms with Crippen LogP contribution >= 0.6 is 0 Å². The zero-order valence-corrected chi connectivity index (χ0v) is 12.9. The molecule has 7 heteroatoms. The predicted octanol–water partition coefficient (Wildman–Crippen LogP) is 1.38. The third-order valence-corrected chi connectivity index (χ3v) is 4.64. The molecular weight excluding hydrogens is 266 g/mol. The third kappa shape index (κ3) is 2.88. The standard InChI is InChI=1S/C14H25N7/c1-20(2)13-16-12(19-15)17-14(18-13)21-9-5-8-11(21)10-6-3-4-7-10/h10-11H,3-9,15H2,1-2H3,(H,16,17,18,19). The topological polar surface area (TPSA) is 83.2 Å². The maximum Gasteiger partial charge on any atom is 0.243 e. The van der Waals surface area contributed by atoms with E-state index in [1.54, 1.807) is 0 Å². The highest BCUT2D eigenvalue weighted by Gasteiger charge is 2.35. The van der Waals surface area contributed by atoms with Crippen molar-refractivity contribution in [3.05, 3.63) is 0 Å². The summed E-state index contributed by atoms with van der Waals surface area (Å²) in [4.78, 5) is 17.6. The van der Waals surface area contributed by atoms with Crippen molar-refractivity contribution in [2.24, 2.45) is 11.8 Å². The van der Waals surface area contributed by atoms with Gasteiger partial charge in [0.05, 0.1) is 0 Å². The summed E-state index contributed by atoms with van der Waals surface area (Å²) in [5, 5.41) is 0. The van der Waals surface area contributed by atoms with Gasteiger partial charge in [0.2, 0.25) is 17.8 Å². The van der Waals surface area contributed by atoms with E-state index in [0.29, 0.717) is 17.9 Å². The van der Waals surface area contributed by atoms with Crippen molar-refractivity contribution in [3.8, 4) is 0 Å². The number of nitrogens with two attached hydrogens (primary N) is 1. The van der Waals surface area contributed by atoms with Gasteiger partial charge in [0.1, 0.15) is 0 Å². The van der Waals surface area contributed by atoms with E-state index in [2.05, 4.69) is 25.3 Å². The molecular formula is C14H25N7. The number of anilines is 3. The Morgan fingerprint density at radius 2 is 1.86 bits per heavy atom. The first-order valence-electron chi connectivity index (χ1n) is 7.85. The van der Waals surface area contributed by atoms with Gasteiger partial charge in [-0.25, -0.2) is 5.84 Å². The second-order valence-electron chi connectivity index (χ2n) is 6.25. The van der Waals surface area contributed by atoms with E-state index in [1.165, 1.54) is 38.5 Å². The van der Waals surface area contributed by atoms with Crippen LogP contribution in [0.5, 0.6) is 0 Å². The van der Waals surface area contributed by atoms with Crippen LogP contribution in [0.4, 0.5) is 17.8 Å². The number of hydrazine groups is 1. The summed E-state index contributed by atoms with van der Waals surface area (Å²) < 4.78 is 0. The number of hydrogen-bond donors (Lipinski definition) is 2. The summed E-state index contributed by atoms with van der Waals surface area (Å²) in [5.74, 6) is 8.13. The van der Waals surface area contributed by atoms with E-state index in [0.717, 1.165) is 18.4 Å². The van der Waals surface area contributed by atoms with Crippen molar-refractivity contribution in [1.82, 2.24) is 15.0 Å². The lowest BCUT2D eigenvalue weighted by Crippen LogP contribution is -2.36. The number of nitrogens with one attached hydrogen (secondary N) is 1. The van der Waals surface area contributed by atoms with Gasteiger partial charge >= 0.3 is 0 Å². The fraction of sp³-hybridized carbons (Fsp3) is 0.786. The van der Waals surface area contributed by atoms with Crippen molar-refractivity contribution < 1.29 is 0 Å². The summed E-state index contributed by atoms with van der Waals surface area (Å²) in [7, 11) is 3.86. The minimum absolute atomic E-state index is 0.431. The number of aromatic nitrogens is 3. The average Bonchev–Trinajstić information content (AvgIpc) is 3.16. The molecule has 1 saturated carbocycles. The molecule has 1 saturated heterocycles. The van der Waals surface area contributed by atoms with E-state index in [9.17, 15) is 0 Å². The van der Waals surface area contributed by atoms with Crippen LogP contribution in [0, 0.1) is 5.92 Å². The molecule has 2 fully saturated rings. The van der Waals surface area contributed by atoms with Gasteiger partial charge in [-0.2, -0.15) is 15.0 Å². The zero-order chi connectivity index (χ0) is 14.8. The van der Waals surface area contributed by atoms with Crippen molar-refractivity contribution in [1.29, 1.82) is 0 Å². The van der Waals surface area contributed by atoms with Crippen molar-refractivity contribution >= 4 is 17.8 Å². The maximum absolute atomic E-state index is 5.50. The first-order chi connectivity index (χ1) is 10.2. The van der Waals surface area contributed by atoms with E-state index >= 15 is 0 Å². The lowest BCUT2D eigenvalue weighted by atomic mass is 9.96. The molecule has 21 heavy (non-hydrogen) atoms. The molecule has 3 rings (SSSR count). The average molecular weight is 291 g/mol. The molecule has 1 aromatic heterocycles. The summed E-state index contributed by atoms with van der Waals surface area (Å²) in [6, 6.07) is 0.579. The fourth-order valence-corrected chi connectivity index (χ4v) is 3.62. The molecule has 0 spiro atoms. The molecule has 7 nitrogen and oxygen atoms in total. The molecule has 0 bridgehead atoms. The van der Waals surface area contributed by atoms with Gasteiger partial charge in [-0.3, -0.25) is 5.43 Å². The van der Waals surface area contributed by atoms with Gasteiger partial charge in [0.25, 0.3) is 0 Å². The predicted molar refractivity (Wildman–Crippen MR) is 84.3 cm³/mol. The summed E-state index contributed by atoms with van der Waals surface area (Å²) in [5.41, 5.74) is 2.55. The zero-order valence-electron chi connectivity index (χ0n) is 12.9. The minimum Gasteiger partial charge on any atom is -0.347 e. The highest BCUT2D eigenvalue weighted by atomic mass is 15.4. The van der Waals surface area contributed by atoms with E-state index in [-0.39, 0.29) is 0 Å². The van der Waals surface area contributed by atoms with Gasteiger partial charge in [-0.1, -0.05) is 12.8 Å². The summed E-state index contributed by atoms with van der Waals surface area (Å²) in [6.07, 6.45) is 7.88. The summed E-state index contributed by atoms with van der Waals surface area (Å²) >= 11 is 0. The number of nitrogen functional groups attached to an aromatic ring is 1. The SMILES string of the molecule is CN(C)c1nc(NN)nc(N2CCCC2C2CCCC2)n1. The Morgan fingerprint density at radius 3 is 2.52 bits per heavy atom. The fourth-order valence-electron chi connectivity index (χ4n) is 3.62. The Labute approximate surface area is 125 Å². The van der Waals surface area contributed by atoms with Gasteiger partial charge < -0.3 is 9.80 Å². The van der Waals surface area contributed by atoms with Crippen molar-refractivity contribution in [3.63, 3.8) is 0 Å². The van der Waals surface area contributed by atoms with Crippen LogP contribution < -0.4 is 21.1 Å². The molecule has 1 atom stereocenters. The molecule has 0 radical (unpaired) electrons. The molecule has 116 valence electrons. The molecule has 2 heterocycles. The molecule has 2 aliphatic rings. The number of rotatable bonds is 4. The summed E-state index contributed by atoms with van der Waals surface area (Å²) in [6.45, 7) is 1.03. The largest absolute Gasteiger partial charge is 0.347 e. The molecule has 0 aromatic carbocycles. The molecule has 1 aliphatic carbocycles. The minimum atomic E-state index is 0.431. The van der Waals surface area contributed by atoms with Gasteiger partial charge in [-0.15, -0.1) is 0 Å². The van der Waals surface area contributed by atoms with Gasteiger partial charge in [0.15, 0.2) is 0 Å². The van der Waals surface area contributed by atoms with E-state index in [4.69, 9.17) is 5.84 Å². The molecule has 1 aromatic rings. The lowest BCUT2D eigenvalue weighted by Gasteiger charge is -2.30. The Kier molecular flexibility index (Phi) is 4.10. The smallest absolute Gasteiger partial charge is 0.243 e. The molecule has 3 N–H and O–H groups in total. The van der Waals surface area contributed by atoms with Crippen molar-refractivity contribution in [2.45, 2.75) is 44.6 Å². The monoisotopic (exact) mass is 291 g/mol. The number of nitrogens with zero attached hydrogens (tertiary/aromatic N) is 5. The normalized spacial score (nSPS) is 22.8. The van der Waals surface area contributed by atoms with Crippen LogP contribution in [0.2, 0.25) is 0 Å². The van der Waals surface area contributed by atoms with Gasteiger partial charge in [0, 0.05) is 26.7 Å². The highest BCUT2D eigenvalue weighted by molar-refractivity contribution is 5.45. The molecule has 0 amide bonds. The highest BCUT2D eigenvalue weighted by Crippen LogP contribution is 2.37. The number of hydrogen-bond acceptors (Lipinski definition) is 7. The molecule has 1 unspecified atom stereocenters. The Morgan fingerprint density at radius 1 is 1.10 bits per heavy atom. The van der Waals surface area contributed by atoms with E-state index in [1.807, 2.05) is 19.0 Å². The van der Waals surface area contributed by atoms with Crippen LogP contribution in [0.1, 0.15) is 38.5 Å². The quantitative estimate of drug-likeness (QED) is 0.640. The van der Waals surface area contributed by atoms with Gasteiger partial charge in [-0.05, 0) is 31.6 Å². The third-order valence-electron chi connectivity index (χ3n) is 4.64. The molecule has 1 aliphatic heterocycles. The Hall–Kier alpha value is -1.63. The first-order valence-corrected chi connectivity index (χ1v) is 7.85. The van der Waals surface area contributed by atoms with Crippen LogP contribution in [0.25, 0.3) is 0 Å². The lowest BCUT2D eigenvalue weighted by molar-refractivity contribution is 0.427. The van der Waals surface area contributed by atoms with Crippen LogP contribution in [-0.2, 0) is 0 Å².